The van der Waals surface area contributed by atoms with E-state index in [0.29, 0.717) is 0 Å². The van der Waals surface area contributed by atoms with Crippen LogP contribution in [0.4, 0.5) is 5.69 Å². The van der Waals surface area contributed by atoms with Crippen LogP contribution in [0.2, 0.25) is 0 Å². The maximum atomic E-state index is 5.10. The molecule has 0 aliphatic carbocycles. The van der Waals surface area contributed by atoms with Gasteiger partial charge >= 0.3 is 0 Å². The standard InChI is InChI=1S/C14H12BrNO/c1-17-12-8-6-11(7-9-12)10-16-14-5-3-2-4-13(14)15/h2-10H,1H3. The van der Waals surface area contributed by atoms with Gasteiger partial charge in [0, 0.05) is 10.7 Å². The lowest BCUT2D eigenvalue weighted by Gasteiger charge is -1.99. The van der Waals surface area contributed by atoms with Gasteiger partial charge in [0.2, 0.25) is 0 Å². The van der Waals surface area contributed by atoms with Crippen LogP contribution < -0.4 is 4.74 Å². The topological polar surface area (TPSA) is 21.6 Å². The molecule has 0 heterocycles. The van der Waals surface area contributed by atoms with E-state index in [4.69, 9.17) is 4.74 Å². The molecule has 0 spiro atoms. The van der Waals surface area contributed by atoms with Crippen molar-refractivity contribution in [3.8, 4) is 5.75 Å². The lowest BCUT2D eigenvalue weighted by molar-refractivity contribution is 0.415. The van der Waals surface area contributed by atoms with E-state index in [-0.39, 0.29) is 0 Å². The zero-order valence-corrected chi connectivity index (χ0v) is 11.0. The molecule has 0 N–H and O–H groups in total. The molecule has 2 rings (SSSR count). The SMILES string of the molecule is COc1ccc(C=Nc2ccccc2Br)cc1. The number of rotatable bonds is 3. The van der Waals surface area contributed by atoms with Gasteiger partial charge in [0.25, 0.3) is 0 Å². The average molecular weight is 290 g/mol. The zero-order chi connectivity index (χ0) is 12.1. The molecule has 0 bridgehead atoms. The Morgan fingerprint density at radius 1 is 1.06 bits per heavy atom. The van der Waals surface area contributed by atoms with E-state index < -0.39 is 0 Å². The summed E-state index contributed by atoms with van der Waals surface area (Å²) < 4.78 is 6.09. The highest BCUT2D eigenvalue weighted by molar-refractivity contribution is 9.10. The third kappa shape index (κ3) is 3.17. The Morgan fingerprint density at radius 3 is 2.41 bits per heavy atom. The van der Waals surface area contributed by atoms with Crippen molar-refractivity contribution < 1.29 is 4.74 Å². The van der Waals surface area contributed by atoms with Crippen molar-refractivity contribution in [2.45, 2.75) is 0 Å². The van der Waals surface area contributed by atoms with Gasteiger partial charge in [-0.25, -0.2) is 0 Å². The van der Waals surface area contributed by atoms with Gasteiger partial charge in [-0.05, 0) is 57.9 Å². The fraction of sp³-hybridized carbons (Fsp3) is 0.0714. The summed E-state index contributed by atoms with van der Waals surface area (Å²) >= 11 is 3.46. The van der Waals surface area contributed by atoms with Gasteiger partial charge in [0.05, 0.1) is 12.8 Å². The minimum Gasteiger partial charge on any atom is -0.497 e. The van der Waals surface area contributed by atoms with Crippen LogP contribution >= 0.6 is 15.9 Å². The number of hydrogen-bond donors (Lipinski definition) is 0. The van der Waals surface area contributed by atoms with Crippen LogP contribution in [0.3, 0.4) is 0 Å². The largest absolute Gasteiger partial charge is 0.497 e. The highest BCUT2D eigenvalue weighted by Gasteiger charge is 1.95. The molecule has 2 aromatic rings. The normalized spacial score (nSPS) is 10.7. The molecule has 86 valence electrons. The number of hydrogen-bond acceptors (Lipinski definition) is 2. The number of para-hydroxylation sites is 1. The first-order chi connectivity index (χ1) is 8.29. The zero-order valence-electron chi connectivity index (χ0n) is 9.43. The van der Waals surface area contributed by atoms with Gasteiger partial charge in [-0.3, -0.25) is 4.99 Å². The summed E-state index contributed by atoms with van der Waals surface area (Å²) in [6.45, 7) is 0. The summed E-state index contributed by atoms with van der Waals surface area (Å²) in [5.74, 6) is 0.850. The monoisotopic (exact) mass is 289 g/mol. The first-order valence-corrected chi connectivity index (χ1v) is 6.01. The lowest BCUT2D eigenvalue weighted by atomic mass is 10.2. The number of aliphatic imine (C=N–C) groups is 1. The van der Waals surface area contributed by atoms with E-state index in [1.807, 2.05) is 54.7 Å². The molecule has 0 aliphatic heterocycles. The van der Waals surface area contributed by atoms with Crippen LogP contribution in [0.15, 0.2) is 58.0 Å². The molecule has 0 fully saturated rings. The Hall–Kier alpha value is -1.61. The first-order valence-electron chi connectivity index (χ1n) is 5.22. The fourth-order valence-corrected chi connectivity index (χ4v) is 1.78. The number of benzene rings is 2. The Bertz CT molecular complexity index is 520. The summed E-state index contributed by atoms with van der Waals surface area (Å²) in [4.78, 5) is 4.42. The van der Waals surface area contributed by atoms with Crippen molar-refractivity contribution in [2.24, 2.45) is 4.99 Å². The average Bonchev–Trinajstić information content (AvgIpc) is 2.38. The molecule has 0 unspecified atom stereocenters. The molecule has 0 radical (unpaired) electrons. The molecule has 3 heteroatoms. The van der Waals surface area contributed by atoms with Crippen LogP contribution in [0, 0.1) is 0 Å². The molecular formula is C14H12BrNO. The van der Waals surface area contributed by atoms with Crippen LogP contribution in [-0.4, -0.2) is 13.3 Å². The second-order valence-corrected chi connectivity index (χ2v) is 4.34. The minimum atomic E-state index is 0.850. The summed E-state index contributed by atoms with van der Waals surface area (Å²) in [5, 5.41) is 0. The lowest BCUT2D eigenvalue weighted by Crippen LogP contribution is -1.84. The summed E-state index contributed by atoms with van der Waals surface area (Å²) in [6.07, 6.45) is 1.83. The molecule has 0 aliphatic rings. The van der Waals surface area contributed by atoms with Crippen LogP contribution in [0.5, 0.6) is 5.75 Å². The van der Waals surface area contributed by atoms with E-state index in [0.717, 1.165) is 21.5 Å². The highest BCUT2D eigenvalue weighted by Crippen LogP contribution is 2.24. The molecule has 0 atom stereocenters. The van der Waals surface area contributed by atoms with Gasteiger partial charge in [0.1, 0.15) is 5.75 Å². The van der Waals surface area contributed by atoms with Crippen LogP contribution in [0.1, 0.15) is 5.56 Å². The van der Waals surface area contributed by atoms with Crippen molar-refractivity contribution in [3.05, 3.63) is 58.6 Å². The molecule has 0 aromatic heterocycles. The van der Waals surface area contributed by atoms with Crippen molar-refractivity contribution in [1.82, 2.24) is 0 Å². The van der Waals surface area contributed by atoms with Gasteiger partial charge < -0.3 is 4.74 Å². The molecule has 0 saturated carbocycles. The van der Waals surface area contributed by atoms with Gasteiger partial charge in [0.15, 0.2) is 0 Å². The van der Waals surface area contributed by atoms with Crippen LogP contribution in [-0.2, 0) is 0 Å². The van der Waals surface area contributed by atoms with Crippen molar-refractivity contribution in [3.63, 3.8) is 0 Å². The van der Waals surface area contributed by atoms with Crippen molar-refractivity contribution in [2.75, 3.05) is 7.11 Å². The van der Waals surface area contributed by atoms with Crippen LogP contribution in [0.25, 0.3) is 0 Å². The van der Waals surface area contributed by atoms with Crippen molar-refractivity contribution >= 4 is 27.8 Å². The van der Waals surface area contributed by atoms with E-state index in [2.05, 4.69) is 20.9 Å². The van der Waals surface area contributed by atoms with E-state index >= 15 is 0 Å². The third-order valence-corrected chi connectivity index (χ3v) is 2.99. The van der Waals surface area contributed by atoms with E-state index in [1.165, 1.54) is 0 Å². The van der Waals surface area contributed by atoms with Gasteiger partial charge in [-0.1, -0.05) is 12.1 Å². The van der Waals surface area contributed by atoms with Crippen molar-refractivity contribution in [1.29, 1.82) is 0 Å². The summed E-state index contributed by atoms with van der Waals surface area (Å²) in [6, 6.07) is 15.6. The van der Waals surface area contributed by atoms with Gasteiger partial charge in [-0.15, -0.1) is 0 Å². The van der Waals surface area contributed by atoms with Gasteiger partial charge in [-0.2, -0.15) is 0 Å². The quantitative estimate of drug-likeness (QED) is 0.776. The molecule has 0 saturated heterocycles. The maximum absolute atomic E-state index is 5.10. The predicted molar refractivity (Wildman–Crippen MR) is 74.4 cm³/mol. The smallest absolute Gasteiger partial charge is 0.118 e. The second kappa shape index (κ2) is 5.64. The Morgan fingerprint density at radius 2 is 1.76 bits per heavy atom. The fourth-order valence-electron chi connectivity index (χ4n) is 1.39. The van der Waals surface area contributed by atoms with E-state index in [1.54, 1.807) is 7.11 Å². The Labute approximate surface area is 109 Å². The number of halogens is 1. The van der Waals surface area contributed by atoms with E-state index in [9.17, 15) is 0 Å². The Kier molecular flexibility index (Phi) is 3.94. The number of nitrogens with zero attached hydrogens (tertiary/aromatic N) is 1. The molecule has 2 nitrogen and oxygen atoms in total. The molecular weight excluding hydrogens is 278 g/mol. The summed E-state index contributed by atoms with van der Waals surface area (Å²) in [7, 11) is 1.66. The first kappa shape index (κ1) is 11.9. The molecule has 0 amide bonds. The Balaban J connectivity index is 2.17. The number of ether oxygens (including phenoxy) is 1. The summed E-state index contributed by atoms with van der Waals surface area (Å²) in [5.41, 5.74) is 1.96. The second-order valence-electron chi connectivity index (χ2n) is 3.48. The minimum absolute atomic E-state index is 0.850. The maximum Gasteiger partial charge on any atom is 0.118 e. The molecule has 2 aromatic carbocycles. The highest BCUT2D eigenvalue weighted by atomic mass is 79.9. The molecule has 17 heavy (non-hydrogen) atoms. The number of methoxy groups -OCH3 is 1. The predicted octanol–water partition coefficient (Wildman–Crippen LogP) is 4.21. The third-order valence-electron chi connectivity index (χ3n) is 2.32.